The predicted octanol–water partition coefficient (Wildman–Crippen LogP) is 2.78. The topological polar surface area (TPSA) is 78.5 Å². The van der Waals surface area contributed by atoms with Crippen LogP contribution in [0.25, 0.3) is 0 Å². The Bertz CT molecular complexity index is 455. The van der Waals surface area contributed by atoms with Gasteiger partial charge in [-0.15, -0.1) is 6.58 Å². The van der Waals surface area contributed by atoms with Crippen molar-refractivity contribution in [2.24, 2.45) is 0 Å². The number of hydrogen-bond acceptors (Lipinski definition) is 3. The SMILES string of the molecule is C=CCCC.CCCC(NC(=O)N1CCCC1)C(=O)C(=O)NC1CC1. The molecule has 0 aromatic rings. The fraction of sp³-hybridized carbons (Fsp3) is 0.737. The summed E-state index contributed by atoms with van der Waals surface area (Å²) in [6.07, 6.45) is 9.44. The highest BCUT2D eigenvalue weighted by Gasteiger charge is 2.32. The van der Waals surface area contributed by atoms with E-state index in [-0.39, 0.29) is 12.1 Å². The van der Waals surface area contributed by atoms with Crippen LogP contribution in [-0.4, -0.2) is 47.8 Å². The van der Waals surface area contributed by atoms with E-state index in [0.29, 0.717) is 6.42 Å². The standard InChI is InChI=1S/C14H23N3O3.C5H10/c1-2-5-11(12(18)13(19)15-10-6-7-10)16-14(20)17-8-3-4-9-17;1-3-5-4-2/h10-11H,2-9H2,1H3,(H,15,19)(H,16,20);3H,1,4-5H2,2H3. The first-order valence-electron chi connectivity index (χ1n) is 9.54. The summed E-state index contributed by atoms with van der Waals surface area (Å²) in [6.45, 7) is 9.08. The van der Waals surface area contributed by atoms with Crippen molar-refractivity contribution in [2.45, 2.75) is 77.3 Å². The van der Waals surface area contributed by atoms with E-state index < -0.39 is 17.7 Å². The minimum Gasteiger partial charge on any atom is -0.347 e. The smallest absolute Gasteiger partial charge is 0.317 e. The Morgan fingerprint density at radius 1 is 1.16 bits per heavy atom. The van der Waals surface area contributed by atoms with Crippen molar-refractivity contribution in [1.82, 2.24) is 15.5 Å². The number of unbranched alkanes of at least 4 members (excludes halogenated alkanes) is 1. The Morgan fingerprint density at radius 3 is 2.24 bits per heavy atom. The fourth-order valence-corrected chi connectivity index (χ4v) is 2.56. The number of amides is 3. The van der Waals surface area contributed by atoms with E-state index in [9.17, 15) is 14.4 Å². The molecule has 2 aliphatic rings. The number of nitrogens with zero attached hydrogens (tertiary/aromatic N) is 1. The summed E-state index contributed by atoms with van der Waals surface area (Å²) in [6, 6.07) is -0.775. The van der Waals surface area contributed by atoms with Gasteiger partial charge in [0, 0.05) is 19.1 Å². The molecule has 1 heterocycles. The van der Waals surface area contributed by atoms with Crippen molar-refractivity contribution in [1.29, 1.82) is 0 Å². The Morgan fingerprint density at radius 2 is 1.80 bits per heavy atom. The second-order valence-corrected chi connectivity index (χ2v) is 6.67. The number of nitrogens with one attached hydrogen (secondary N) is 2. The van der Waals surface area contributed by atoms with Gasteiger partial charge in [0.1, 0.15) is 0 Å². The summed E-state index contributed by atoms with van der Waals surface area (Å²) >= 11 is 0. The van der Waals surface area contributed by atoms with Crippen molar-refractivity contribution in [2.75, 3.05) is 13.1 Å². The second-order valence-electron chi connectivity index (χ2n) is 6.67. The van der Waals surface area contributed by atoms with Crippen molar-refractivity contribution in [3.8, 4) is 0 Å². The van der Waals surface area contributed by atoms with Crippen molar-refractivity contribution in [3.05, 3.63) is 12.7 Å². The summed E-state index contributed by atoms with van der Waals surface area (Å²) in [7, 11) is 0. The monoisotopic (exact) mass is 351 g/mol. The van der Waals surface area contributed by atoms with E-state index >= 15 is 0 Å². The van der Waals surface area contributed by atoms with Gasteiger partial charge in [-0.3, -0.25) is 9.59 Å². The molecule has 1 saturated heterocycles. The van der Waals surface area contributed by atoms with E-state index in [2.05, 4.69) is 24.1 Å². The lowest BCUT2D eigenvalue weighted by Crippen LogP contribution is -2.51. The number of ketones is 1. The first-order valence-corrected chi connectivity index (χ1v) is 9.54. The van der Waals surface area contributed by atoms with Crippen LogP contribution in [0.4, 0.5) is 4.79 Å². The van der Waals surface area contributed by atoms with Gasteiger partial charge in [0.25, 0.3) is 5.91 Å². The summed E-state index contributed by atoms with van der Waals surface area (Å²) in [5.74, 6) is -1.08. The Labute approximate surface area is 151 Å². The molecule has 6 nitrogen and oxygen atoms in total. The van der Waals surface area contributed by atoms with E-state index in [1.807, 2.05) is 13.0 Å². The van der Waals surface area contributed by atoms with Crippen LogP contribution in [0.2, 0.25) is 0 Å². The number of urea groups is 1. The van der Waals surface area contributed by atoms with E-state index in [0.717, 1.165) is 51.6 Å². The summed E-state index contributed by atoms with van der Waals surface area (Å²) in [4.78, 5) is 37.6. The number of carbonyl (C=O) groups excluding carboxylic acids is 3. The van der Waals surface area contributed by atoms with Gasteiger partial charge in [-0.1, -0.05) is 32.8 Å². The molecular formula is C19H33N3O3. The number of hydrogen-bond donors (Lipinski definition) is 2. The quantitative estimate of drug-likeness (QED) is 0.521. The molecule has 2 N–H and O–H groups in total. The van der Waals surface area contributed by atoms with Crippen LogP contribution in [0.3, 0.4) is 0 Å². The average Bonchev–Trinajstić information content (AvgIpc) is 3.23. The van der Waals surface area contributed by atoms with Gasteiger partial charge in [0.15, 0.2) is 0 Å². The normalized spacial score (nSPS) is 17.1. The fourth-order valence-electron chi connectivity index (χ4n) is 2.56. The van der Waals surface area contributed by atoms with Gasteiger partial charge >= 0.3 is 6.03 Å². The van der Waals surface area contributed by atoms with Crippen molar-refractivity contribution >= 4 is 17.7 Å². The molecule has 142 valence electrons. The predicted molar refractivity (Wildman–Crippen MR) is 99.3 cm³/mol. The zero-order chi connectivity index (χ0) is 18.7. The van der Waals surface area contributed by atoms with Crippen LogP contribution in [-0.2, 0) is 9.59 Å². The molecular weight excluding hydrogens is 318 g/mol. The maximum atomic E-state index is 12.1. The van der Waals surface area contributed by atoms with Gasteiger partial charge in [-0.2, -0.15) is 0 Å². The third-order valence-electron chi connectivity index (χ3n) is 4.21. The third-order valence-corrected chi connectivity index (χ3v) is 4.21. The van der Waals surface area contributed by atoms with Crippen LogP contribution in [0, 0.1) is 0 Å². The molecule has 0 bridgehead atoms. The summed E-state index contributed by atoms with van der Waals surface area (Å²) in [5.41, 5.74) is 0. The first kappa shape index (κ1) is 21.2. The lowest BCUT2D eigenvalue weighted by molar-refractivity contribution is -0.139. The molecule has 1 saturated carbocycles. The minimum atomic E-state index is -0.702. The molecule has 1 atom stereocenters. The van der Waals surface area contributed by atoms with Crippen LogP contribution in [0.15, 0.2) is 12.7 Å². The van der Waals surface area contributed by atoms with E-state index in [4.69, 9.17) is 0 Å². The number of rotatable bonds is 8. The van der Waals surface area contributed by atoms with Gasteiger partial charge < -0.3 is 15.5 Å². The molecule has 3 amide bonds. The zero-order valence-electron chi connectivity index (χ0n) is 15.7. The molecule has 1 unspecified atom stereocenters. The molecule has 25 heavy (non-hydrogen) atoms. The van der Waals surface area contributed by atoms with Crippen LogP contribution < -0.4 is 10.6 Å². The van der Waals surface area contributed by atoms with Gasteiger partial charge in [0.2, 0.25) is 5.78 Å². The third kappa shape index (κ3) is 8.18. The average molecular weight is 351 g/mol. The van der Waals surface area contributed by atoms with E-state index in [1.54, 1.807) is 4.90 Å². The first-order chi connectivity index (χ1) is 12.0. The molecule has 2 fully saturated rings. The molecule has 1 aliphatic heterocycles. The lowest BCUT2D eigenvalue weighted by atomic mass is 10.1. The maximum Gasteiger partial charge on any atom is 0.317 e. The molecule has 1 aliphatic carbocycles. The molecule has 2 rings (SSSR count). The zero-order valence-corrected chi connectivity index (χ0v) is 15.7. The van der Waals surface area contributed by atoms with Gasteiger partial charge in [0.05, 0.1) is 6.04 Å². The maximum absolute atomic E-state index is 12.1. The number of carbonyl (C=O) groups is 3. The molecule has 0 aromatic carbocycles. The highest BCUT2D eigenvalue weighted by molar-refractivity contribution is 6.38. The Kier molecular flexibility index (Phi) is 9.88. The molecule has 0 spiro atoms. The minimum absolute atomic E-state index is 0.156. The summed E-state index contributed by atoms with van der Waals surface area (Å²) < 4.78 is 0. The lowest BCUT2D eigenvalue weighted by Gasteiger charge is -2.21. The second kappa shape index (κ2) is 11.7. The highest BCUT2D eigenvalue weighted by Crippen LogP contribution is 2.18. The Hall–Kier alpha value is -1.85. The molecule has 0 radical (unpaired) electrons. The molecule has 0 aromatic heterocycles. The Balaban J connectivity index is 0.000000550. The van der Waals surface area contributed by atoms with Crippen molar-refractivity contribution in [3.63, 3.8) is 0 Å². The van der Waals surface area contributed by atoms with Crippen LogP contribution >= 0.6 is 0 Å². The highest BCUT2D eigenvalue weighted by atomic mass is 16.2. The largest absolute Gasteiger partial charge is 0.347 e. The van der Waals surface area contributed by atoms with Gasteiger partial charge in [-0.25, -0.2) is 4.79 Å². The van der Waals surface area contributed by atoms with Crippen LogP contribution in [0.1, 0.15) is 65.2 Å². The number of Topliss-reactive ketones (excluding diaryl/α,β-unsaturated/α-hetero) is 1. The number of likely N-dealkylation sites (tertiary alicyclic amines) is 1. The number of allylic oxidation sites excluding steroid dienone is 1. The van der Waals surface area contributed by atoms with Crippen LogP contribution in [0.5, 0.6) is 0 Å². The van der Waals surface area contributed by atoms with Crippen molar-refractivity contribution < 1.29 is 14.4 Å². The molecule has 6 heteroatoms. The van der Waals surface area contributed by atoms with Gasteiger partial charge in [-0.05, 0) is 38.5 Å². The summed E-state index contributed by atoms with van der Waals surface area (Å²) in [5, 5.41) is 5.39. The van der Waals surface area contributed by atoms with E-state index in [1.165, 1.54) is 6.42 Å².